The summed E-state index contributed by atoms with van der Waals surface area (Å²) in [6.07, 6.45) is 8.47. The SMILES string of the molecule is O=C(C1CCCCCCC1)N1CCC(O)c2ccccc21. The van der Waals surface area contributed by atoms with Gasteiger partial charge < -0.3 is 10.0 Å². The number of hydrogen-bond acceptors (Lipinski definition) is 2. The third-order valence-electron chi connectivity index (χ3n) is 4.93. The van der Waals surface area contributed by atoms with E-state index < -0.39 is 6.10 Å². The smallest absolute Gasteiger partial charge is 0.230 e. The van der Waals surface area contributed by atoms with Crippen LogP contribution in [0.2, 0.25) is 0 Å². The Morgan fingerprint density at radius 3 is 2.43 bits per heavy atom. The zero-order valence-corrected chi connectivity index (χ0v) is 12.6. The number of fused-ring (bicyclic) bond motifs is 1. The first kappa shape index (κ1) is 14.6. The Hall–Kier alpha value is -1.35. The molecule has 2 aliphatic rings. The topological polar surface area (TPSA) is 40.5 Å². The molecule has 1 aromatic rings. The number of benzene rings is 1. The van der Waals surface area contributed by atoms with E-state index in [0.717, 1.165) is 24.1 Å². The molecule has 1 fully saturated rings. The molecule has 0 spiro atoms. The largest absolute Gasteiger partial charge is 0.388 e. The van der Waals surface area contributed by atoms with Gasteiger partial charge in [-0.1, -0.05) is 50.3 Å². The van der Waals surface area contributed by atoms with Crippen LogP contribution in [-0.2, 0) is 4.79 Å². The highest BCUT2D eigenvalue weighted by Gasteiger charge is 2.31. The fourth-order valence-electron chi connectivity index (χ4n) is 3.69. The van der Waals surface area contributed by atoms with E-state index in [2.05, 4.69) is 0 Å². The zero-order valence-electron chi connectivity index (χ0n) is 12.6. The molecule has 1 atom stereocenters. The van der Waals surface area contributed by atoms with Gasteiger partial charge in [0.2, 0.25) is 5.91 Å². The van der Waals surface area contributed by atoms with Crippen LogP contribution in [-0.4, -0.2) is 17.6 Å². The van der Waals surface area contributed by atoms with E-state index in [0.29, 0.717) is 13.0 Å². The van der Waals surface area contributed by atoms with Gasteiger partial charge in [0.05, 0.1) is 6.10 Å². The van der Waals surface area contributed by atoms with Crippen LogP contribution in [0.15, 0.2) is 24.3 Å². The van der Waals surface area contributed by atoms with Crippen LogP contribution in [0.3, 0.4) is 0 Å². The average molecular weight is 287 g/mol. The van der Waals surface area contributed by atoms with Gasteiger partial charge in [0, 0.05) is 23.7 Å². The molecular weight excluding hydrogens is 262 g/mol. The van der Waals surface area contributed by atoms with E-state index in [9.17, 15) is 9.90 Å². The molecule has 1 unspecified atom stereocenters. The van der Waals surface area contributed by atoms with Crippen molar-refractivity contribution < 1.29 is 9.90 Å². The minimum Gasteiger partial charge on any atom is -0.388 e. The van der Waals surface area contributed by atoms with Gasteiger partial charge in [0.25, 0.3) is 0 Å². The molecule has 21 heavy (non-hydrogen) atoms. The van der Waals surface area contributed by atoms with Gasteiger partial charge in [-0.2, -0.15) is 0 Å². The van der Waals surface area contributed by atoms with E-state index >= 15 is 0 Å². The highest BCUT2D eigenvalue weighted by molar-refractivity contribution is 5.96. The zero-order chi connectivity index (χ0) is 14.7. The number of hydrogen-bond donors (Lipinski definition) is 1. The third kappa shape index (κ3) is 3.13. The summed E-state index contributed by atoms with van der Waals surface area (Å²) in [5.74, 6) is 0.449. The Kier molecular flexibility index (Phi) is 4.59. The number of para-hydroxylation sites is 1. The Bertz CT molecular complexity index is 492. The lowest BCUT2D eigenvalue weighted by molar-refractivity contribution is -0.123. The second kappa shape index (κ2) is 6.61. The normalized spacial score (nSPS) is 24.0. The van der Waals surface area contributed by atoms with Crippen LogP contribution >= 0.6 is 0 Å². The molecule has 1 N–H and O–H groups in total. The van der Waals surface area contributed by atoms with Crippen molar-refractivity contribution in [3.8, 4) is 0 Å². The van der Waals surface area contributed by atoms with E-state index in [1.165, 1.54) is 32.1 Å². The molecule has 0 saturated heterocycles. The molecule has 114 valence electrons. The summed E-state index contributed by atoms with van der Waals surface area (Å²) < 4.78 is 0. The van der Waals surface area contributed by atoms with E-state index in [-0.39, 0.29) is 11.8 Å². The van der Waals surface area contributed by atoms with E-state index in [4.69, 9.17) is 0 Å². The lowest BCUT2D eigenvalue weighted by Crippen LogP contribution is -2.40. The molecule has 1 aliphatic heterocycles. The second-order valence-electron chi connectivity index (χ2n) is 6.40. The Morgan fingerprint density at radius 1 is 1.00 bits per heavy atom. The van der Waals surface area contributed by atoms with Crippen molar-refractivity contribution >= 4 is 11.6 Å². The summed E-state index contributed by atoms with van der Waals surface area (Å²) in [4.78, 5) is 14.9. The summed E-state index contributed by atoms with van der Waals surface area (Å²) in [7, 11) is 0. The number of rotatable bonds is 1. The van der Waals surface area contributed by atoms with E-state index in [1.54, 1.807) is 0 Å². The number of nitrogens with zero attached hydrogens (tertiary/aromatic N) is 1. The van der Waals surface area contributed by atoms with Gasteiger partial charge >= 0.3 is 0 Å². The first-order chi connectivity index (χ1) is 10.3. The highest BCUT2D eigenvalue weighted by atomic mass is 16.3. The van der Waals surface area contributed by atoms with Crippen molar-refractivity contribution in [1.82, 2.24) is 0 Å². The third-order valence-corrected chi connectivity index (χ3v) is 4.93. The van der Waals surface area contributed by atoms with Crippen LogP contribution in [0, 0.1) is 5.92 Å². The molecule has 0 bridgehead atoms. The lowest BCUT2D eigenvalue weighted by Gasteiger charge is -2.35. The van der Waals surface area contributed by atoms with E-state index in [1.807, 2.05) is 29.2 Å². The molecule has 1 amide bonds. The van der Waals surface area contributed by atoms with Crippen molar-refractivity contribution in [2.75, 3.05) is 11.4 Å². The molecule has 3 heteroatoms. The van der Waals surface area contributed by atoms with Crippen molar-refractivity contribution in [2.24, 2.45) is 5.92 Å². The molecule has 1 aromatic carbocycles. The van der Waals surface area contributed by atoms with Gasteiger partial charge in [-0.3, -0.25) is 4.79 Å². The molecule has 3 rings (SSSR count). The lowest BCUT2D eigenvalue weighted by atomic mass is 9.89. The first-order valence-electron chi connectivity index (χ1n) is 8.36. The average Bonchev–Trinajstić information content (AvgIpc) is 2.47. The standard InChI is InChI=1S/C18H25NO2/c20-17-12-13-19(16-11-7-6-10-15(16)17)18(21)14-8-4-2-1-3-5-9-14/h6-7,10-11,14,17,20H,1-5,8-9,12-13H2. The molecule has 3 nitrogen and oxygen atoms in total. The number of carbonyl (C=O) groups excluding carboxylic acids is 1. The molecule has 0 aromatic heterocycles. The quantitative estimate of drug-likeness (QED) is 0.853. The maximum absolute atomic E-state index is 12.9. The molecule has 1 saturated carbocycles. The van der Waals surface area contributed by atoms with Crippen molar-refractivity contribution in [3.63, 3.8) is 0 Å². The van der Waals surface area contributed by atoms with Gasteiger partial charge in [-0.05, 0) is 25.3 Å². The van der Waals surface area contributed by atoms with Gasteiger partial charge in [0.15, 0.2) is 0 Å². The number of anilines is 1. The Morgan fingerprint density at radius 2 is 1.67 bits per heavy atom. The predicted molar refractivity (Wildman–Crippen MR) is 84.2 cm³/mol. The molecular formula is C18H25NO2. The minimum atomic E-state index is -0.428. The summed E-state index contributed by atoms with van der Waals surface area (Å²) in [6.45, 7) is 0.646. The number of aliphatic hydroxyl groups is 1. The summed E-state index contributed by atoms with van der Waals surface area (Å²) >= 11 is 0. The number of carbonyl (C=O) groups is 1. The molecule has 1 heterocycles. The summed E-state index contributed by atoms with van der Waals surface area (Å²) in [5, 5.41) is 10.1. The predicted octanol–water partition coefficient (Wildman–Crippen LogP) is 3.82. The maximum atomic E-state index is 12.9. The number of amides is 1. The summed E-state index contributed by atoms with van der Waals surface area (Å²) in [5.41, 5.74) is 1.83. The first-order valence-corrected chi connectivity index (χ1v) is 8.36. The van der Waals surface area contributed by atoms with Crippen molar-refractivity contribution in [1.29, 1.82) is 0 Å². The second-order valence-corrected chi connectivity index (χ2v) is 6.40. The van der Waals surface area contributed by atoms with Gasteiger partial charge in [-0.15, -0.1) is 0 Å². The fourth-order valence-corrected chi connectivity index (χ4v) is 3.69. The molecule has 1 aliphatic carbocycles. The Balaban J connectivity index is 1.79. The van der Waals surface area contributed by atoms with Crippen molar-refractivity contribution in [3.05, 3.63) is 29.8 Å². The monoisotopic (exact) mass is 287 g/mol. The van der Waals surface area contributed by atoms with Gasteiger partial charge in [-0.25, -0.2) is 0 Å². The number of aliphatic hydroxyl groups excluding tert-OH is 1. The van der Waals surface area contributed by atoms with Crippen LogP contribution < -0.4 is 4.90 Å². The minimum absolute atomic E-state index is 0.175. The van der Waals surface area contributed by atoms with Crippen LogP contribution in [0.1, 0.15) is 63.0 Å². The van der Waals surface area contributed by atoms with Crippen LogP contribution in [0.25, 0.3) is 0 Å². The van der Waals surface area contributed by atoms with Crippen LogP contribution in [0.4, 0.5) is 5.69 Å². The summed E-state index contributed by atoms with van der Waals surface area (Å²) in [6, 6.07) is 7.80. The Labute approximate surface area is 127 Å². The fraction of sp³-hybridized carbons (Fsp3) is 0.611. The van der Waals surface area contributed by atoms with Crippen molar-refractivity contribution in [2.45, 2.75) is 57.5 Å². The maximum Gasteiger partial charge on any atom is 0.230 e. The highest BCUT2D eigenvalue weighted by Crippen LogP contribution is 2.35. The molecule has 0 radical (unpaired) electrons. The van der Waals surface area contributed by atoms with Gasteiger partial charge in [0.1, 0.15) is 0 Å². The van der Waals surface area contributed by atoms with Crippen LogP contribution in [0.5, 0.6) is 0 Å².